The molecule has 0 spiro atoms. The molecule has 0 fully saturated rings. The molecule has 20 heavy (non-hydrogen) atoms. The molecular formula is C13H12F2N2O2S. The quantitative estimate of drug-likeness (QED) is 0.848. The van der Waals surface area contributed by atoms with Gasteiger partial charge in [0.25, 0.3) is 0 Å². The van der Waals surface area contributed by atoms with E-state index in [1.54, 1.807) is 30.3 Å². The fraction of sp³-hybridized carbons (Fsp3) is 0.0769. The Hall–Kier alpha value is -1.99. The summed E-state index contributed by atoms with van der Waals surface area (Å²) < 4.78 is 52.9. The fourth-order valence-electron chi connectivity index (χ4n) is 1.61. The van der Waals surface area contributed by atoms with Crippen LogP contribution < -0.4 is 10.5 Å². The summed E-state index contributed by atoms with van der Waals surface area (Å²) in [5, 5.41) is 0. The fourth-order valence-corrected chi connectivity index (χ4v) is 2.71. The highest BCUT2D eigenvalue weighted by Gasteiger charge is 2.22. The Balaban J connectivity index is 2.25. The van der Waals surface area contributed by atoms with E-state index in [2.05, 4.69) is 4.72 Å². The van der Waals surface area contributed by atoms with Crippen LogP contribution in [0.4, 0.5) is 14.5 Å². The minimum atomic E-state index is -4.10. The number of nitrogen functional groups attached to an aromatic ring is 1. The molecule has 0 aromatic heterocycles. The molecule has 2 rings (SSSR count). The van der Waals surface area contributed by atoms with Crippen molar-refractivity contribution in [2.45, 2.75) is 11.4 Å². The standard InChI is InChI=1S/C13H12F2N2O2S/c14-10-6-7-11(12(15)13(10)16)20(18,19)17-8-9-4-2-1-3-5-9/h1-7,17H,8,16H2. The summed E-state index contributed by atoms with van der Waals surface area (Å²) in [5.41, 5.74) is 5.05. The molecule has 0 unspecified atom stereocenters. The molecule has 0 amide bonds. The molecule has 0 saturated heterocycles. The molecule has 4 nitrogen and oxygen atoms in total. The van der Waals surface area contributed by atoms with Crippen LogP contribution >= 0.6 is 0 Å². The van der Waals surface area contributed by atoms with Gasteiger partial charge < -0.3 is 5.73 Å². The van der Waals surface area contributed by atoms with Crippen molar-refractivity contribution in [1.82, 2.24) is 4.72 Å². The van der Waals surface area contributed by atoms with Crippen molar-refractivity contribution in [3.8, 4) is 0 Å². The first-order chi connectivity index (χ1) is 9.42. The summed E-state index contributed by atoms with van der Waals surface area (Å²) in [6.45, 7) is -0.000105. The summed E-state index contributed by atoms with van der Waals surface area (Å²) in [5.74, 6) is -2.28. The monoisotopic (exact) mass is 298 g/mol. The van der Waals surface area contributed by atoms with E-state index in [4.69, 9.17) is 5.73 Å². The maximum atomic E-state index is 13.7. The predicted octanol–water partition coefficient (Wildman–Crippen LogP) is 2.03. The average molecular weight is 298 g/mol. The van der Waals surface area contributed by atoms with Crippen LogP contribution in [0.1, 0.15) is 5.56 Å². The Kier molecular flexibility index (Phi) is 4.01. The van der Waals surface area contributed by atoms with Gasteiger partial charge in [-0.05, 0) is 17.7 Å². The third-order valence-corrected chi connectivity index (χ3v) is 4.11. The van der Waals surface area contributed by atoms with Gasteiger partial charge in [0.1, 0.15) is 16.4 Å². The maximum Gasteiger partial charge on any atom is 0.243 e. The van der Waals surface area contributed by atoms with E-state index in [9.17, 15) is 17.2 Å². The SMILES string of the molecule is Nc1c(F)ccc(S(=O)(=O)NCc2ccccc2)c1F. The zero-order valence-electron chi connectivity index (χ0n) is 10.3. The average Bonchev–Trinajstić information content (AvgIpc) is 2.44. The Morgan fingerprint density at radius 3 is 2.35 bits per heavy atom. The number of hydrogen-bond donors (Lipinski definition) is 2. The van der Waals surface area contributed by atoms with Crippen LogP contribution in [-0.4, -0.2) is 8.42 Å². The molecule has 2 aromatic rings. The molecule has 0 bridgehead atoms. The summed E-state index contributed by atoms with van der Waals surface area (Å²) in [4.78, 5) is -0.674. The van der Waals surface area contributed by atoms with Gasteiger partial charge in [0.2, 0.25) is 10.0 Å². The van der Waals surface area contributed by atoms with E-state index in [1.165, 1.54) is 0 Å². The highest BCUT2D eigenvalue weighted by molar-refractivity contribution is 7.89. The highest BCUT2D eigenvalue weighted by atomic mass is 32.2. The summed E-state index contributed by atoms with van der Waals surface area (Å²) in [6, 6.07) is 10.4. The molecule has 0 aliphatic rings. The number of halogens is 2. The van der Waals surface area contributed by atoms with Crippen LogP contribution in [0.15, 0.2) is 47.4 Å². The van der Waals surface area contributed by atoms with E-state index in [-0.39, 0.29) is 6.54 Å². The van der Waals surface area contributed by atoms with Crippen LogP contribution in [0.5, 0.6) is 0 Å². The Morgan fingerprint density at radius 1 is 1.05 bits per heavy atom. The Morgan fingerprint density at radius 2 is 1.70 bits per heavy atom. The van der Waals surface area contributed by atoms with Gasteiger partial charge in [-0.2, -0.15) is 0 Å². The van der Waals surface area contributed by atoms with Gasteiger partial charge in [0.15, 0.2) is 5.82 Å². The third kappa shape index (κ3) is 2.94. The van der Waals surface area contributed by atoms with Crippen molar-refractivity contribution in [3.63, 3.8) is 0 Å². The lowest BCUT2D eigenvalue weighted by molar-refractivity contribution is 0.548. The number of sulfonamides is 1. The van der Waals surface area contributed by atoms with Crippen molar-refractivity contribution in [3.05, 3.63) is 59.7 Å². The normalized spacial score (nSPS) is 11.5. The number of nitrogens with two attached hydrogens (primary N) is 1. The van der Waals surface area contributed by atoms with Gasteiger partial charge in [-0.15, -0.1) is 0 Å². The molecule has 106 valence electrons. The molecule has 0 heterocycles. The number of nitrogens with one attached hydrogen (secondary N) is 1. The second-order valence-corrected chi connectivity index (χ2v) is 5.82. The van der Waals surface area contributed by atoms with Crippen molar-refractivity contribution >= 4 is 15.7 Å². The number of benzene rings is 2. The van der Waals surface area contributed by atoms with Gasteiger partial charge in [-0.25, -0.2) is 21.9 Å². The molecule has 0 aliphatic carbocycles. The van der Waals surface area contributed by atoms with E-state index in [1.807, 2.05) is 0 Å². The zero-order valence-corrected chi connectivity index (χ0v) is 11.1. The van der Waals surface area contributed by atoms with Crippen LogP contribution in [-0.2, 0) is 16.6 Å². The van der Waals surface area contributed by atoms with Crippen LogP contribution in [0, 0.1) is 11.6 Å². The van der Waals surface area contributed by atoms with Gasteiger partial charge in [0.05, 0.1) is 0 Å². The lowest BCUT2D eigenvalue weighted by Gasteiger charge is -2.09. The van der Waals surface area contributed by atoms with E-state index in [0.29, 0.717) is 5.56 Å². The largest absolute Gasteiger partial charge is 0.394 e. The summed E-state index contributed by atoms with van der Waals surface area (Å²) in [7, 11) is -4.10. The predicted molar refractivity (Wildman–Crippen MR) is 71.2 cm³/mol. The van der Waals surface area contributed by atoms with Crippen molar-refractivity contribution in [2.24, 2.45) is 0 Å². The first-order valence-electron chi connectivity index (χ1n) is 5.69. The lowest BCUT2D eigenvalue weighted by atomic mass is 10.2. The summed E-state index contributed by atoms with van der Waals surface area (Å²) in [6.07, 6.45) is 0. The topological polar surface area (TPSA) is 72.2 Å². The van der Waals surface area contributed by atoms with Crippen molar-refractivity contribution in [2.75, 3.05) is 5.73 Å². The molecule has 0 saturated carbocycles. The van der Waals surface area contributed by atoms with E-state index >= 15 is 0 Å². The van der Waals surface area contributed by atoms with Crippen molar-refractivity contribution in [1.29, 1.82) is 0 Å². The number of anilines is 1. The minimum Gasteiger partial charge on any atom is -0.394 e. The Bertz CT molecular complexity index is 719. The minimum absolute atomic E-state index is 0.000105. The van der Waals surface area contributed by atoms with E-state index < -0.39 is 32.2 Å². The maximum absolute atomic E-state index is 13.7. The molecule has 0 atom stereocenters. The molecule has 3 N–H and O–H groups in total. The van der Waals surface area contributed by atoms with Gasteiger partial charge in [0, 0.05) is 6.54 Å². The van der Waals surface area contributed by atoms with Crippen molar-refractivity contribution < 1.29 is 17.2 Å². The number of rotatable bonds is 4. The van der Waals surface area contributed by atoms with Gasteiger partial charge >= 0.3 is 0 Å². The van der Waals surface area contributed by atoms with Gasteiger partial charge in [-0.1, -0.05) is 30.3 Å². The smallest absolute Gasteiger partial charge is 0.243 e. The highest BCUT2D eigenvalue weighted by Crippen LogP contribution is 2.22. The molecule has 0 aliphatic heterocycles. The number of hydrogen-bond acceptors (Lipinski definition) is 3. The van der Waals surface area contributed by atoms with Crippen LogP contribution in [0.3, 0.4) is 0 Å². The first-order valence-corrected chi connectivity index (χ1v) is 7.17. The summed E-state index contributed by atoms with van der Waals surface area (Å²) >= 11 is 0. The zero-order chi connectivity index (χ0) is 14.8. The molecule has 0 radical (unpaired) electrons. The third-order valence-electron chi connectivity index (χ3n) is 2.69. The van der Waals surface area contributed by atoms with Crippen LogP contribution in [0.25, 0.3) is 0 Å². The van der Waals surface area contributed by atoms with E-state index in [0.717, 1.165) is 12.1 Å². The molecule has 2 aromatic carbocycles. The van der Waals surface area contributed by atoms with Gasteiger partial charge in [-0.3, -0.25) is 0 Å². The van der Waals surface area contributed by atoms with Crippen LogP contribution in [0.2, 0.25) is 0 Å². The lowest BCUT2D eigenvalue weighted by Crippen LogP contribution is -2.24. The molecule has 7 heteroatoms. The second kappa shape index (κ2) is 5.56. The second-order valence-electron chi connectivity index (χ2n) is 4.08. The Labute approximate surface area is 115 Å². The first kappa shape index (κ1) is 14.4. The molecular weight excluding hydrogens is 286 g/mol.